The summed E-state index contributed by atoms with van der Waals surface area (Å²) in [5, 5.41) is 22.7. The lowest BCUT2D eigenvalue weighted by Crippen LogP contribution is -2.24. The predicted molar refractivity (Wildman–Crippen MR) is 192 cm³/mol. The third-order valence-corrected chi connectivity index (χ3v) is 8.71. The third-order valence-electron chi connectivity index (χ3n) is 8.71. The molecule has 0 heterocycles. The van der Waals surface area contributed by atoms with Gasteiger partial charge in [-0.1, -0.05) is 125 Å². The largest absolute Gasteiger partial charge is 0.507 e. The molecule has 0 saturated carbocycles. The Hall–Kier alpha value is -3.72. The molecule has 4 rings (SSSR count). The second kappa shape index (κ2) is 12.9. The van der Waals surface area contributed by atoms with Gasteiger partial charge in [0.15, 0.2) is 0 Å². The van der Waals surface area contributed by atoms with Crippen LogP contribution < -0.4 is 4.90 Å². The summed E-state index contributed by atoms with van der Waals surface area (Å²) in [5.41, 5.74) is 9.42. The molecule has 4 aromatic carbocycles. The summed E-state index contributed by atoms with van der Waals surface area (Å²) in [6.07, 6.45) is 0.896. The molecule has 0 atom stereocenters. The van der Waals surface area contributed by atoms with Crippen LogP contribution in [0.4, 0.5) is 5.69 Å². The van der Waals surface area contributed by atoms with Crippen molar-refractivity contribution in [1.82, 2.24) is 0 Å². The standard InChI is InChI=1S/C42H55NO2/c1-28(2)34-22-31(23-35(38(34)44)40(3,4)5)26-43(33-19-17-30(18-20-33)21-29-15-13-12-14-16-29)27-32-24-36(41(6,7)8)39(45)37(25-32)42(9,10)11/h12-20,22-25,28,44-45H,21,26-27H2,1-11H3. The van der Waals surface area contributed by atoms with Crippen molar-refractivity contribution in [1.29, 1.82) is 0 Å². The van der Waals surface area contributed by atoms with Gasteiger partial charge in [-0.15, -0.1) is 0 Å². The van der Waals surface area contributed by atoms with Crippen LogP contribution in [-0.2, 0) is 35.8 Å². The highest BCUT2D eigenvalue weighted by Crippen LogP contribution is 2.41. The molecule has 0 aliphatic rings. The maximum Gasteiger partial charge on any atom is 0.123 e. The van der Waals surface area contributed by atoms with Crippen molar-refractivity contribution in [3.63, 3.8) is 0 Å². The molecule has 0 amide bonds. The highest BCUT2D eigenvalue weighted by molar-refractivity contribution is 5.55. The summed E-state index contributed by atoms with van der Waals surface area (Å²) in [5.74, 6) is 1.03. The van der Waals surface area contributed by atoms with E-state index in [2.05, 4.69) is 160 Å². The van der Waals surface area contributed by atoms with Gasteiger partial charge in [0.05, 0.1) is 0 Å². The predicted octanol–water partition coefficient (Wildman–Crippen LogP) is 10.9. The summed E-state index contributed by atoms with van der Waals surface area (Å²) in [7, 11) is 0. The van der Waals surface area contributed by atoms with Crippen LogP contribution in [0.25, 0.3) is 0 Å². The molecule has 45 heavy (non-hydrogen) atoms. The van der Waals surface area contributed by atoms with E-state index in [1.54, 1.807) is 0 Å². The van der Waals surface area contributed by atoms with Gasteiger partial charge in [0, 0.05) is 18.8 Å². The van der Waals surface area contributed by atoms with Crippen molar-refractivity contribution in [3.8, 4) is 11.5 Å². The van der Waals surface area contributed by atoms with Crippen molar-refractivity contribution in [2.75, 3.05) is 4.90 Å². The Bertz CT molecular complexity index is 1560. The maximum absolute atomic E-state index is 11.4. The van der Waals surface area contributed by atoms with E-state index in [-0.39, 0.29) is 22.2 Å². The SMILES string of the molecule is CC(C)c1cc(CN(Cc2cc(C(C)(C)C)c(O)c(C(C)(C)C)c2)c2ccc(Cc3ccccc3)cc2)cc(C(C)(C)C)c1O. The van der Waals surface area contributed by atoms with E-state index >= 15 is 0 Å². The van der Waals surface area contributed by atoms with Crippen molar-refractivity contribution < 1.29 is 10.2 Å². The Kier molecular flexibility index (Phi) is 9.83. The zero-order valence-corrected chi connectivity index (χ0v) is 29.5. The number of benzene rings is 4. The molecular weight excluding hydrogens is 550 g/mol. The van der Waals surface area contributed by atoms with Gasteiger partial charge in [0.25, 0.3) is 0 Å². The molecule has 0 radical (unpaired) electrons. The van der Waals surface area contributed by atoms with Gasteiger partial charge in [-0.3, -0.25) is 0 Å². The number of hydrogen-bond donors (Lipinski definition) is 2. The number of rotatable bonds is 8. The zero-order chi connectivity index (χ0) is 33.3. The van der Waals surface area contributed by atoms with Gasteiger partial charge in [0.2, 0.25) is 0 Å². The average molecular weight is 606 g/mol. The van der Waals surface area contributed by atoms with Gasteiger partial charge >= 0.3 is 0 Å². The van der Waals surface area contributed by atoms with Gasteiger partial charge in [0.1, 0.15) is 11.5 Å². The zero-order valence-electron chi connectivity index (χ0n) is 29.5. The second-order valence-electron chi connectivity index (χ2n) is 16.2. The molecule has 2 N–H and O–H groups in total. The summed E-state index contributed by atoms with van der Waals surface area (Å²) in [4.78, 5) is 2.43. The molecule has 0 spiro atoms. The molecule has 0 saturated heterocycles. The number of phenolic OH excluding ortho intramolecular Hbond substituents is 2. The fraction of sp³-hybridized carbons (Fsp3) is 0.429. The van der Waals surface area contributed by atoms with E-state index in [0.717, 1.165) is 34.4 Å². The topological polar surface area (TPSA) is 43.7 Å². The Balaban J connectivity index is 1.82. The molecule has 3 nitrogen and oxygen atoms in total. The van der Waals surface area contributed by atoms with E-state index in [4.69, 9.17) is 0 Å². The van der Waals surface area contributed by atoms with Gasteiger partial charge in [-0.25, -0.2) is 0 Å². The van der Waals surface area contributed by atoms with Gasteiger partial charge in [-0.05, 0) is 103 Å². The molecule has 0 fully saturated rings. The Labute approximate surface area is 273 Å². The van der Waals surface area contributed by atoms with E-state index in [9.17, 15) is 10.2 Å². The molecule has 0 aromatic heterocycles. The minimum atomic E-state index is -0.200. The number of nitrogens with zero attached hydrogens (tertiary/aromatic N) is 1. The highest BCUT2D eigenvalue weighted by atomic mass is 16.3. The van der Waals surface area contributed by atoms with Crippen LogP contribution in [0.15, 0.2) is 78.9 Å². The minimum absolute atomic E-state index is 0.187. The van der Waals surface area contributed by atoms with Crippen molar-refractivity contribution in [3.05, 3.63) is 123 Å². The Morgan fingerprint density at radius 2 is 0.956 bits per heavy atom. The first-order chi connectivity index (χ1) is 20.8. The lowest BCUT2D eigenvalue weighted by Gasteiger charge is -2.31. The Morgan fingerprint density at radius 1 is 0.533 bits per heavy atom. The normalized spacial score (nSPS) is 12.5. The monoisotopic (exact) mass is 605 g/mol. The first-order valence-corrected chi connectivity index (χ1v) is 16.5. The lowest BCUT2D eigenvalue weighted by atomic mass is 9.78. The minimum Gasteiger partial charge on any atom is -0.507 e. The quantitative estimate of drug-likeness (QED) is 0.210. The van der Waals surface area contributed by atoms with Crippen LogP contribution in [0, 0.1) is 0 Å². The van der Waals surface area contributed by atoms with E-state index in [1.807, 2.05) is 0 Å². The summed E-state index contributed by atoms with van der Waals surface area (Å²) in [6.45, 7) is 25.2. The fourth-order valence-electron chi connectivity index (χ4n) is 6.09. The molecule has 240 valence electrons. The van der Waals surface area contributed by atoms with Crippen LogP contribution in [0.5, 0.6) is 11.5 Å². The number of anilines is 1. The van der Waals surface area contributed by atoms with Crippen LogP contribution in [-0.4, -0.2) is 10.2 Å². The number of phenols is 2. The van der Waals surface area contributed by atoms with Gasteiger partial charge in [-0.2, -0.15) is 0 Å². The first kappa shape index (κ1) is 34.2. The lowest BCUT2D eigenvalue weighted by molar-refractivity contribution is 0.422. The maximum atomic E-state index is 11.4. The Morgan fingerprint density at radius 3 is 1.40 bits per heavy atom. The molecule has 4 aromatic rings. The summed E-state index contributed by atoms with van der Waals surface area (Å²) < 4.78 is 0. The highest BCUT2D eigenvalue weighted by Gasteiger charge is 2.28. The van der Waals surface area contributed by atoms with Crippen LogP contribution >= 0.6 is 0 Å². The van der Waals surface area contributed by atoms with E-state index < -0.39 is 0 Å². The third kappa shape index (κ3) is 8.31. The summed E-state index contributed by atoms with van der Waals surface area (Å²) in [6, 6.07) is 28.3. The second-order valence-corrected chi connectivity index (χ2v) is 16.2. The first-order valence-electron chi connectivity index (χ1n) is 16.5. The van der Waals surface area contributed by atoms with Crippen molar-refractivity contribution in [2.24, 2.45) is 0 Å². The summed E-state index contributed by atoms with van der Waals surface area (Å²) >= 11 is 0. The number of hydrogen-bond acceptors (Lipinski definition) is 3. The molecular formula is C42H55NO2. The average Bonchev–Trinajstić information content (AvgIpc) is 2.93. The van der Waals surface area contributed by atoms with E-state index in [0.29, 0.717) is 24.6 Å². The molecule has 3 heteroatoms. The van der Waals surface area contributed by atoms with Crippen molar-refractivity contribution in [2.45, 2.75) is 118 Å². The van der Waals surface area contributed by atoms with Crippen LogP contribution in [0.3, 0.4) is 0 Å². The van der Waals surface area contributed by atoms with Gasteiger partial charge < -0.3 is 15.1 Å². The van der Waals surface area contributed by atoms with E-state index in [1.165, 1.54) is 22.3 Å². The smallest absolute Gasteiger partial charge is 0.123 e. The molecule has 0 unspecified atom stereocenters. The molecule has 0 aliphatic carbocycles. The molecule has 0 bridgehead atoms. The number of aromatic hydroxyl groups is 2. The van der Waals surface area contributed by atoms with Crippen LogP contribution in [0.1, 0.15) is 127 Å². The molecule has 0 aliphatic heterocycles. The van der Waals surface area contributed by atoms with Crippen molar-refractivity contribution >= 4 is 5.69 Å². The van der Waals surface area contributed by atoms with Crippen LogP contribution in [0.2, 0.25) is 0 Å². The fourth-order valence-corrected chi connectivity index (χ4v) is 6.09.